The van der Waals surface area contributed by atoms with Crippen LogP contribution in [-0.2, 0) is 10.4 Å². The number of carbonyl (C=O) groups is 1. The van der Waals surface area contributed by atoms with Gasteiger partial charge in [0.15, 0.2) is 0 Å². The van der Waals surface area contributed by atoms with E-state index in [4.69, 9.17) is 16.3 Å². The average molecular weight is 409 g/mol. The van der Waals surface area contributed by atoms with Gasteiger partial charge in [-0.2, -0.15) is 13.2 Å². The third kappa shape index (κ3) is 4.11. The molecule has 0 unspecified atom stereocenters. The Morgan fingerprint density at radius 1 is 1.38 bits per heavy atom. The molecular formula is C16H16ClF3N2O3S. The summed E-state index contributed by atoms with van der Waals surface area (Å²) in [6, 6.07) is 2.91. The molecule has 26 heavy (non-hydrogen) atoms. The lowest BCUT2D eigenvalue weighted by Gasteiger charge is -2.28. The Hall–Kier alpha value is -1.84. The number of nitrogens with zero attached hydrogens (tertiary/aromatic N) is 1. The van der Waals surface area contributed by atoms with Crippen molar-refractivity contribution in [1.82, 2.24) is 4.98 Å². The van der Waals surface area contributed by atoms with Crippen molar-refractivity contribution < 1.29 is 27.8 Å². The average Bonchev–Trinajstić information content (AvgIpc) is 2.96. The van der Waals surface area contributed by atoms with Gasteiger partial charge in [0, 0.05) is 22.2 Å². The van der Waals surface area contributed by atoms with Crippen LogP contribution in [0.2, 0.25) is 5.02 Å². The van der Waals surface area contributed by atoms with Gasteiger partial charge in [-0.1, -0.05) is 11.6 Å². The fourth-order valence-corrected chi connectivity index (χ4v) is 3.27. The van der Waals surface area contributed by atoms with Crippen LogP contribution in [0.3, 0.4) is 0 Å². The number of benzene rings is 1. The highest BCUT2D eigenvalue weighted by Crippen LogP contribution is 2.43. The van der Waals surface area contributed by atoms with Crippen molar-refractivity contribution in [2.75, 3.05) is 12.4 Å². The lowest BCUT2D eigenvalue weighted by Crippen LogP contribution is -2.45. The normalized spacial score (nSPS) is 14.0. The Morgan fingerprint density at radius 3 is 2.54 bits per heavy atom. The van der Waals surface area contributed by atoms with Crippen LogP contribution in [0.25, 0.3) is 0 Å². The molecule has 1 atom stereocenters. The second-order valence-electron chi connectivity index (χ2n) is 5.68. The molecule has 0 bridgehead atoms. The number of carbonyl (C=O) groups excluding carboxylic acids is 1. The van der Waals surface area contributed by atoms with Crippen LogP contribution in [0.5, 0.6) is 5.75 Å². The third-order valence-corrected chi connectivity index (χ3v) is 5.13. The second kappa shape index (κ2) is 7.42. The van der Waals surface area contributed by atoms with Gasteiger partial charge in [0.25, 0.3) is 0 Å². The van der Waals surface area contributed by atoms with Gasteiger partial charge in [-0.25, -0.2) is 4.98 Å². The van der Waals surface area contributed by atoms with Gasteiger partial charge in [-0.3, -0.25) is 4.79 Å². The van der Waals surface area contributed by atoms with Crippen molar-refractivity contribution in [1.29, 1.82) is 0 Å². The molecule has 1 aromatic carbocycles. The fourth-order valence-electron chi connectivity index (χ4n) is 2.20. The van der Waals surface area contributed by atoms with Gasteiger partial charge in [-0.05, 0) is 25.5 Å². The quantitative estimate of drug-likeness (QED) is 0.777. The Morgan fingerprint density at radius 2 is 2.04 bits per heavy atom. The molecule has 1 heterocycles. The number of hydrogen-bond donors (Lipinski definition) is 2. The van der Waals surface area contributed by atoms with E-state index >= 15 is 0 Å². The standard InChI is InChI=1S/C16H16ClF3N2O3S/c1-8-4-11(12(25-3)5-10(8)17)22-13(23)6-15(24,16(18,19)20)14-21-9(2)7-26-14/h4-5,7,24H,6H2,1-3H3,(H,22,23)/t15-/m0/s1. The Kier molecular flexibility index (Phi) is 5.84. The number of methoxy groups -OCH3 is 1. The number of ether oxygens (including phenoxy) is 1. The number of aromatic nitrogens is 1. The largest absolute Gasteiger partial charge is 0.495 e. The minimum absolute atomic E-state index is 0.152. The molecule has 0 saturated carbocycles. The molecule has 1 aromatic heterocycles. The summed E-state index contributed by atoms with van der Waals surface area (Å²) in [6.45, 7) is 3.17. The predicted molar refractivity (Wildman–Crippen MR) is 92.8 cm³/mol. The summed E-state index contributed by atoms with van der Waals surface area (Å²) in [6.07, 6.45) is -6.32. The van der Waals surface area contributed by atoms with E-state index < -0.39 is 29.1 Å². The van der Waals surface area contributed by atoms with Crippen molar-refractivity contribution in [3.63, 3.8) is 0 Å². The third-order valence-electron chi connectivity index (χ3n) is 3.61. The van der Waals surface area contributed by atoms with Gasteiger partial charge >= 0.3 is 6.18 Å². The van der Waals surface area contributed by atoms with Crippen LogP contribution in [-0.4, -0.2) is 29.3 Å². The Bertz CT molecular complexity index is 826. The van der Waals surface area contributed by atoms with E-state index in [1.807, 2.05) is 0 Å². The number of amides is 1. The van der Waals surface area contributed by atoms with Crippen molar-refractivity contribution in [2.45, 2.75) is 32.0 Å². The number of aliphatic hydroxyl groups is 1. The first-order chi connectivity index (χ1) is 12.0. The molecule has 5 nitrogen and oxygen atoms in total. The minimum atomic E-state index is -5.07. The molecule has 1 amide bonds. The molecule has 0 aliphatic carbocycles. The zero-order valence-electron chi connectivity index (χ0n) is 14.1. The molecule has 0 spiro atoms. The second-order valence-corrected chi connectivity index (χ2v) is 6.94. The van der Waals surface area contributed by atoms with Gasteiger partial charge in [0.1, 0.15) is 10.8 Å². The molecular weight excluding hydrogens is 393 g/mol. The summed E-state index contributed by atoms with van der Waals surface area (Å²) in [5.74, 6) is -0.854. The molecule has 2 N–H and O–H groups in total. The maximum absolute atomic E-state index is 13.5. The van der Waals surface area contributed by atoms with E-state index in [9.17, 15) is 23.1 Å². The number of hydrogen-bond acceptors (Lipinski definition) is 5. The maximum Gasteiger partial charge on any atom is 0.424 e. The van der Waals surface area contributed by atoms with Crippen LogP contribution in [0, 0.1) is 13.8 Å². The lowest BCUT2D eigenvalue weighted by molar-refractivity contribution is -0.266. The maximum atomic E-state index is 13.5. The lowest BCUT2D eigenvalue weighted by atomic mass is 9.99. The van der Waals surface area contributed by atoms with Crippen molar-refractivity contribution in [3.8, 4) is 5.75 Å². The minimum Gasteiger partial charge on any atom is -0.495 e. The molecule has 0 fully saturated rings. The molecule has 0 saturated heterocycles. The number of rotatable bonds is 5. The molecule has 2 aromatic rings. The van der Waals surface area contributed by atoms with E-state index in [1.165, 1.54) is 31.5 Å². The van der Waals surface area contributed by atoms with Crippen molar-refractivity contribution >= 4 is 34.5 Å². The first-order valence-electron chi connectivity index (χ1n) is 7.33. The van der Waals surface area contributed by atoms with Crippen molar-refractivity contribution in [2.24, 2.45) is 0 Å². The van der Waals surface area contributed by atoms with Crippen LogP contribution < -0.4 is 10.1 Å². The van der Waals surface area contributed by atoms with Gasteiger partial charge in [0.2, 0.25) is 11.5 Å². The Balaban J connectivity index is 2.31. The topological polar surface area (TPSA) is 71.5 Å². The molecule has 10 heteroatoms. The number of thiazole rings is 1. The van der Waals surface area contributed by atoms with E-state index in [0.717, 1.165) is 0 Å². The van der Waals surface area contributed by atoms with Crippen LogP contribution >= 0.6 is 22.9 Å². The van der Waals surface area contributed by atoms with E-state index in [-0.39, 0.29) is 11.4 Å². The van der Waals surface area contributed by atoms with Gasteiger partial charge in [-0.15, -0.1) is 11.3 Å². The van der Waals surface area contributed by atoms with Crippen LogP contribution in [0.4, 0.5) is 18.9 Å². The molecule has 0 aliphatic heterocycles. The smallest absolute Gasteiger partial charge is 0.424 e. The van der Waals surface area contributed by atoms with Crippen LogP contribution in [0.15, 0.2) is 17.5 Å². The highest BCUT2D eigenvalue weighted by Gasteiger charge is 2.58. The van der Waals surface area contributed by atoms with E-state index in [1.54, 1.807) is 6.92 Å². The Labute approximate surface area is 156 Å². The summed E-state index contributed by atoms with van der Waals surface area (Å²) in [4.78, 5) is 15.9. The molecule has 2 rings (SSSR count). The highest BCUT2D eigenvalue weighted by molar-refractivity contribution is 7.09. The number of nitrogens with one attached hydrogen (secondary N) is 1. The molecule has 0 radical (unpaired) electrons. The summed E-state index contributed by atoms with van der Waals surface area (Å²) >= 11 is 6.60. The monoisotopic (exact) mass is 408 g/mol. The van der Waals surface area contributed by atoms with E-state index in [0.29, 0.717) is 27.6 Å². The first-order valence-corrected chi connectivity index (χ1v) is 8.59. The van der Waals surface area contributed by atoms with Gasteiger partial charge < -0.3 is 15.2 Å². The summed E-state index contributed by atoms with van der Waals surface area (Å²) in [5, 5.41) is 13.7. The predicted octanol–water partition coefficient (Wildman–Crippen LogP) is 4.20. The first kappa shape index (κ1) is 20.5. The molecule has 0 aliphatic rings. The van der Waals surface area contributed by atoms with Gasteiger partial charge in [0.05, 0.1) is 19.2 Å². The van der Waals surface area contributed by atoms with Crippen LogP contribution in [0.1, 0.15) is 22.7 Å². The fraction of sp³-hybridized carbons (Fsp3) is 0.375. The number of anilines is 1. The molecule has 142 valence electrons. The zero-order valence-corrected chi connectivity index (χ0v) is 15.6. The summed E-state index contributed by atoms with van der Waals surface area (Å²) < 4.78 is 45.4. The SMILES string of the molecule is COc1cc(Cl)c(C)cc1NC(=O)C[C@](O)(c1nc(C)cs1)C(F)(F)F. The number of aryl methyl sites for hydroxylation is 2. The number of halogens is 4. The highest BCUT2D eigenvalue weighted by atomic mass is 35.5. The zero-order chi connectivity index (χ0) is 19.7. The summed E-state index contributed by atoms with van der Waals surface area (Å²) in [7, 11) is 1.33. The van der Waals surface area contributed by atoms with E-state index in [2.05, 4.69) is 10.3 Å². The van der Waals surface area contributed by atoms with Crippen molar-refractivity contribution in [3.05, 3.63) is 38.8 Å². The number of alkyl halides is 3. The summed E-state index contributed by atoms with van der Waals surface area (Å²) in [5.41, 5.74) is -2.31.